The third-order valence-corrected chi connectivity index (χ3v) is 3.38. The van der Waals surface area contributed by atoms with Crippen molar-refractivity contribution in [3.8, 4) is 11.5 Å². The summed E-state index contributed by atoms with van der Waals surface area (Å²) in [6.07, 6.45) is 0. The summed E-state index contributed by atoms with van der Waals surface area (Å²) in [4.78, 5) is 0. The molecule has 5 heteroatoms. The van der Waals surface area contributed by atoms with Gasteiger partial charge in [-0.3, -0.25) is 0 Å². The highest BCUT2D eigenvalue weighted by molar-refractivity contribution is 9.10. The second-order valence-corrected chi connectivity index (χ2v) is 5.90. The first-order valence-electron chi connectivity index (χ1n) is 4.92. The van der Waals surface area contributed by atoms with E-state index in [0.29, 0.717) is 16.4 Å². The van der Waals surface area contributed by atoms with Crippen LogP contribution in [0.4, 0.5) is 0 Å². The van der Waals surface area contributed by atoms with Gasteiger partial charge in [-0.2, -0.15) is 0 Å². The number of thioether (sulfide) groups is 1. The van der Waals surface area contributed by atoms with Crippen LogP contribution >= 0.6 is 27.7 Å². The fourth-order valence-corrected chi connectivity index (χ4v) is 2.28. The largest absolute Gasteiger partial charge is 0.411 e. The minimum absolute atomic E-state index is 0.438. The minimum atomic E-state index is 0.438. The van der Waals surface area contributed by atoms with Crippen molar-refractivity contribution < 1.29 is 4.42 Å². The van der Waals surface area contributed by atoms with Crippen molar-refractivity contribution in [3.05, 3.63) is 28.7 Å². The summed E-state index contributed by atoms with van der Waals surface area (Å²) in [7, 11) is 0. The monoisotopic (exact) mass is 298 g/mol. The molecule has 2 rings (SSSR count). The van der Waals surface area contributed by atoms with Crippen LogP contribution in [0.3, 0.4) is 0 Å². The van der Waals surface area contributed by atoms with Crippen LogP contribution in [0.1, 0.15) is 13.8 Å². The maximum absolute atomic E-state index is 5.57. The molecule has 2 aromatic rings. The first kappa shape index (κ1) is 11.7. The van der Waals surface area contributed by atoms with Crippen LogP contribution in [0.25, 0.3) is 11.5 Å². The van der Waals surface area contributed by atoms with Crippen LogP contribution in [0.5, 0.6) is 0 Å². The van der Waals surface area contributed by atoms with Crippen molar-refractivity contribution in [1.82, 2.24) is 10.2 Å². The SMILES string of the molecule is CC(C)Sc1nnc(-c2ccccc2Br)o1. The Balaban J connectivity index is 2.28. The zero-order valence-corrected chi connectivity index (χ0v) is 11.4. The molecule has 0 saturated carbocycles. The quantitative estimate of drug-likeness (QED) is 0.803. The molecule has 0 aliphatic heterocycles. The summed E-state index contributed by atoms with van der Waals surface area (Å²) < 4.78 is 6.53. The molecule has 1 aromatic carbocycles. The lowest BCUT2D eigenvalue weighted by Crippen LogP contribution is -1.84. The number of nitrogens with zero attached hydrogens (tertiary/aromatic N) is 2. The smallest absolute Gasteiger partial charge is 0.277 e. The van der Waals surface area contributed by atoms with Crippen LogP contribution in [-0.2, 0) is 0 Å². The van der Waals surface area contributed by atoms with E-state index in [1.54, 1.807) is 11.8 Å². The summed E-state index contributed by atoms with van der Waals surface area (Å²) in [5, 5.41) is 9.08. The maximum Gasteiger partial charge on any atom is 0.277 e. The van der Waals surface area contributed by atoms with Gasteiger partial charge >= 0.3 is 0 Å². The molecule has 16 heavy (non-hydrogen) atoms. The molecule has 0 unspecified atom stereocenters. The number of hydrogen-bond acceptors (Lipinski definition) is 4. The lowest BCUT2D eigenvalue weighted by atomic mass is 10.2. The van der Waals surface area contributed by atoms with Gasteiger partial charge in [0.2, 0.25) is 5.89 Å². The van der Waals surface area contributed by atoms with Gasteiger partial charge in [-0.25, -0.2) is 0 Å². The lowest BCUT2D eigenvalue weighted by Gasteiger charge is -1.98. The van der Waals surface area contributed by atoms with Crippen molar-refractivity contribution in [3.63, 3.8) is 0 Å². The zero-order valence-electron chi connectivity index (χ0n) is 8.98. The van der Waals surface area contributed by atoms with Gasteiger partial charge in [0.1, 0.15) is 0 Å². The average Bonchev–Trinajstić information content (AvgIpc) is 2.66. The molecule has 0 radical (unpaired) electrons. The highest BCUT2D eigenvalue weighted by Crippen LogP contribution is 2.29. The summed E-state index contributed by atoms with van der Waals surface area (Å²) >= 11 is 5.02. The van der Waals surface area contributed by atoms with Gasteiger partial charge in [-0.1, -0.05) is 37.7 Å². The average molecular weight is 299 g/mol. The van der Waals surface area contributed by atoms with E-state index in [-0.39, 0.29) is 0 Å². The summed E-state index contributed by atoms with van der Waals surface area (Å²) in [6, 6.07) is 7.80. The molecule has 0 amide bonds. The summed E-state index contributed by atoms with van der Waals surface area (Å²) in [6.45, 7) is 4.18. The topological polar surface area (TPSA) is 38.9 Å². The van der Waals surface area contributed by atoms with E-state index in [2.05, 4.69) is 40.0 Å². The maximum atomic E-state index is 5.57. The highest BCUT2D eigenvalue weighted by atomic mass is 79.9. The van der Waals surface area contributed by atoms with Crippen LogP contribution in [0.15, 0.2) is 38.4 Å². The molecule has 84 valence electrons. The molecule has 0 spiro atoms. The molecular formula is C11H11BrN2OS. The second-order valence-electron chi connectivity index (χ2n) is 3.52. The molecule has 0 N–H and O–H groups in total. The third kappa shape index (κ3) is 2.65. The summed E-state index contributed by atoms with van der Waals surface area (Å²) in [5.41, 5.74) is 0.922. The molecule has 0 aliphatic rings. The lowest BCUT2D eigenvalue weighted by molar-refractivity contribution is 0.465. The first-order chi connectivity index (χ1) is 7.66. The van der Waals surface area contributed by atoms with Gasteiger partial charge in [-0.05, 0) is 28.1 Å². The van der Waals surface area contributed by atoms with Crippen molar-refractivity contribution >= 4 is 27.7 Å². The Hall–Kier alpha value is -0.810. The molecule has 0 saturated heterocycles. The molecule has 0 fully saturated rings. The fourth-order valence-electron chi connectivity index (χ4n) is 1.20. The Kier molecular flexibility index (Phi) is 3.66. The summed E-state index contributed by atoms with van der Waals surface area (Å²) in [5.74, 6) is 0.552. The molecule has 1 aromatic heterocycles. The highest BCUT2D eigenvalue weighted by Gasteiger charge is 2.12. The third-order valence-electron chi connectivity index (χ3n) is 1.85. The molecule has 0 atom stereocenters. The molecule has 3 nitrogen and oxygen atoms in total. The van der Waals surface area contributed by atoms with Crippen molar-refractivity contribution in [1.29, 1.82) is 0 Å². The predicted molar refractivity (Wildman–Crippen MR) is 68.4 cm³/mol. The van der Waals surface area contributed by atoms with Crippen molar-refractivity contribution in [2.45, 2.75) is 24.3 Å². The van der Waals surface area contributed by atoms with Crippen molar-refractivity contribution in [2.75, 3.05) is 0 Å². The number of benzene rings is 1. The molecule has 0 aliphatic carbocycles. The van der Waals surface area contributed by atoms with E-state index in [0.717, 1.165) is 10.0 Å². The van der Waals surface area contributed by atoms with E-state index in [1.165, 1.54) is 0 Å². The Morgan fingerprint density at radius 3 is 2.69 bits per heavy atom. The Morgan fingerprint density at radius 2 is 2.00 bits per heavy atom. The predicted octanol–water partition coefficient (Wildman–Crippen LogP) is 4.00. The number of rotatable bonds is 3. The Labute approximate surface area is 107 Å². The van der Waals surface area contributed by atoms with Crippen LogP contribution in [0, 0.1) is 0 Å². The minimum Gasteiger partial charge on any atom is -0.411 e. The van der Waals surface area contributed by atoms with Crippen LogP contribution in [0.2, 0.25) is 0 Å². The van der Waals surface area contributed by atoms with Gasteiger partial charge in [0, 0.05) is 9.72 Å². The standard InChI is InChI=1S/C11H11BrN2OS/c1-7(2)16-11-14-13-10(15-11)8-5-3-4-6-9(8)12/h3-7H,1-2H3. The molecular weight excluding hydrogens is 288 g/mol. The Morgan fingerprint density at radius 1 is 1.25 bits per heavy atom. The van der Waals surface area contributed by atoms with E-state index >= 15 is 0 Å². The normalized spacial score (nSPS) is 11.0. The van der Waals surface area contributed by atoms with E-state index in [1.807, 2.05) is 24.3 Å². The van der Waals surface area contributed by atoms with Gasteiger partial charge < -0.3 is 4.42 Å². The van der Waals surface area contributed by atoms with Gasteiger partial charge in [0.15, 0.2) is 0 Å². The van der Waals surface area contributed by atoms with E-state index < -0.39 is 0 Å². The number of aromatic nitrogens is 2. The van der Waals surface area contributed by atoms with Gasteiger partial charge in [-0.15, -0.1) is 10.2 Å². The number of hydrogen-bond donors (Lipinski definition) is 0. The zero-order chi connectivity index (χ0) is 11.5. The van der Waals surface area contributed by atoms with Gasteiger partial charge in [0.05, 0.1) is 5.56 Å². The first-order valence-corrected chi connectivity index (χ1v) is 6.59. The number of halogens is 1. The van der Waals surface area contributed by atoms with E-state index in [4.69, 9.17) is 4.42 Å². The van der Waals surface area contributed by atoms with Crippen LogP contribution in [-0.4, -0.2) is 15.4 Å². The van der Waals surface area contributed by atoms with E-state index in [9.17, 15) is 0 Å². The molecule has 0 bridgehead atoms. The van der Waals surface area contributed by atoms with Crippen molar-refractivity contribution in [2.24, 2.45) is 0 Å². The second kappa shape index (κ2) is 5.01. The molecule has 1 heterocycles. The van der Waals surface area contributed by atoms with Crippen LogP contribution < -0.4 is 0 Å². The fraction of sp³-hybridized carbons (Fsp3) is 0.273. The Bertz CT molecular complexity index is 484. The van der Waals surface area contributed by atoms with Gasteiger partial charge in [0.25, 0.3) is 5.22 Å².